The molecule has 4 aromatic rings. The summed E-state index contributed by atoms with van der Waals surface area (Å²) in [5, 5.41) is 3.19. The van der Waals surface area contributed by atoms with Gasteiger partial charge in [0, 0.05) is 28.7 Å². The number of hydrogen-bond donors (Lipinski definition) is 1. The number of carbonyl (C=O) groups excluding carboxylic acids is 1. The maximum Gasteiger partial charge on any atom is 0.263 e. The first-order chi connectivity index (χ1) is 13.9. The second-order valence-corrected chi connectivity index (χ2v) is 6.32. The maximum atomic E-state index is 14.3. The van der Waals surface area contributed by atoms with Crippen molar-refractivity contribution in [3.8, 4) is 5.69 Å². The third-order valence-electron chi connectivity index (χ3n) is 4.44. The highest BCUT2D eigenvalue weighted by Crippen LogP contribution is 2.21. The molecule has 0 aliphatic rings. The molecule has 0 unspecified atom stereocenters. The molecule has 0 atom stereocenters. The van der Waals surface area contributed by atoms with Crippen molar-refractivity contribution in [3.05, 3.63) is 106 Å². The number of benzene rings is 3. The number of amides is 1. The van der Waals surface area contributed by atoms with Crippen molar-refractivity contribution in [2.75, 3.05) is 5.32 Å². The molecule has 1 amide bonds. The van der Waals surface area contributed by atoms with Gasteiger partial charge in [0.1, 0.15) is 17.5 Å². The molecule has 7 heteroatoms. The monoisotopic (exact) mass is 394 g/mol. The molecule has 144 valence electrons. The van der Waals surface area contributed by atoms with Gasteiger partial charge in [0.15, 0.2) is 0 Å². The van der Waals surface area contributed by atoms with Crippen LogP contribution in [-0.2, 0) is 0 Å². The van der Waals surface area contributed by atoms with Crippen LogP contribution in [0.1, 0.15) is 10.4 Å². The zero-order valence-corrected chi connectivity index (χ0v) is 14.8. The molecule has 0 aliphatic heterocycles. The Labute approximate surface area is 162 Å². The van der Waals surface area contributed by atoms with E-state index in [9.17, 15) is 22.8 Å². The zero-order chi connectivity index (χ0) is 20.5. The maximum absolute atomic E-state index is 14.3. The molecule has 0 saturated heterocycles. The van der Waals surface area contributed by atoms with E-state index in [1.807, 2.05) is 0 Å². The average Bonchev–Trinajstić information content (AvgIpc) is 2.71. The van der Waals surface area contributed by atoms with Crippen LogP contribution in [0.25, 0.3) is 16.5 Å². The normalized spacial score (nSPS) is 10.9. The Kier molecular flexibility index (Phi) is 4.64. The second kappa shape index (κ2) is 7.27. The molecule has 4 nitrogen and oxygen atoms in total. The summed E-state index contributed by atoms with van der Waals surface area (Å²) in [5.41, 5.74) is -0.276. The van der Waals surface area contributed by atoms with E-state index in [-0.39, 0.29) is 16.6 Å². The van der Waals surface area contributed by atoms with Gasteiger partial charge in [-0.3, -0.25) is 14.2 Å². The summed E-state index contributed by atoms with van der Waals surface area (Å²) in [6, 6.07) is 14.4. The first-order valence-corrected chi connectivity index (χ1v) is 8.61. The Morgan fingerprint density at radius 1 is 0.828 bits per heavy atom. The quantitative estimate of drug-likeness (QED) is 0.550. The lowest BCUT2D eigenvalue weighted by Crippen LogP contribution is -2.23. The highest BCUT2D eigenvalue weighted by atomic mass is 19.1. The molecular weight excluding hydrogens is 381 g/mol. The van der Waals surface area contributed by atoms with Gasteiger partial charge in [0.2, 0.25) is 0 Å². The standard InChI is InChI=1S/C22H13F3N2O2/c23-13-5-8-15(9-6-13)26-21(28)18-12-27(20-10-7-14(24)11-19(20)25)22(29)17-4-2-1-3-16(17)18/h1-12H,(H,26,28). The smallest absolute Gasteiger partial charge is 0.263 e. The zero-order valence-electron chi connectivity index (χ0n) is 14.8. The molecule has 29 heavy (non-hydrogen) atoms. The van der Waals surface area contributed by atoms with Gasteiger partial charge in [-0.25, -0.2) is 13.2 Å². The molecule has 4 rings (SSSR count). The van der Waals surface area contributed by atoms with Crippen LogP contribution >= 0.6 is 0 Å². The number of nitrogens with one attached hydrogen (secondary N) is 1. The van der Waals surface area contributed by atoms with Gasteiger partial charge in [-0.2, -0.15) is 0 Å². The number of aromatic nitrogens is 1. The van der Waals surface area contributed by atoms with Crippen LogP contribution in [0.2, 0.25) is 0 Å². The molecule has 1 N–H and O–H groups in total. The number of anilines is 1. The van der Waals surface area contributed by atoms with Gasteiger partial charge < -0.3 is 5.32 Å². The van der Waals surface area contributed by atoms with Crippen molar-refractivity contribution in [3.63, 3.8) is 0 Å². The highest BCUT2D eigenvalue weighted by molar-refractivity contribution is 6.12. The summed E-state index contributed by atoms with van der Waals surface area (Å²) >= 11 is 0. The van der Waals surface area contributed by atoms with E-state index in [1.165, 1.54) is 36.5 Å². The summed E-state index contributed by atoms with van der Waals surface area (Å²) in [6.45, 7) is 0. The SMILES string of the molecule is O=C(Nc1ccc(F)cc1)c1cn(-c2ccc(F)cc2F)c(=O)c2ccccc12. The Morgan fingerprint density at radius 2 is 1.48 bits per heavy atom. The van der Waals surface area contributed by atoms with Crippen LogP contribution in [0.5, 0.6) is 0 Å². The minimum atomic E-state index is -0.938. The van der Waals surface area contributed by atoms with Crippen LogP contribution in [0.3, 0.4) is 0 Å². The van der Waals surface area contributed by atoms with Crippen molar-refractivity contribution < 1.29 is 18.0 Å². The van der Waals surface area contributed by atoms with Crippen molar-refractivity contribution in [1.82, 2.24) is 4.57 Å². The van der Waals surface area contributed by atoms with Crippen LogP contribution in [-0.4, -0.2) is 10.5 Å². The van der Waals surface area contributed by atoms with Crippen molar-refractivity contribution >= 4 is 22.4 Å². The van der Waals surface area contributed by atoms with E-state index >= 15 is 0 Å². The number of hydrogen-bond acceptors (Lipinski definition) is 2. The fraction of sp³-hybridized carbons (Fsp3) is 0. The molecule has 0 radical (unpaired) electrons. The fourth-order valence-electron chi connectivity index (χ4n) is 3.06. The third-order valence-corrected chi connectivity index (χ3v) is 4.44. The van der Waals surface area contributed by atoms with E-state index in [0.717, 1.165) is 16.7 Å². The minimum absolute atomic E-state index is 0.105. The fourth-order valence-corrected chi connectivity index (χ4v) is 3.06. The molecule has 0 bridgehead atoms. The molecule has 1 heterocycles. The number of fused-ring (bicyclic) bond motifs is 1. The van der Waals surface area contributed by atoms with Crippen LogP contribution in [0.15, 0.2) is 77.7 Å². The Morgan fingerprint density at radius 3 is 2.17 bits per heavy atom. The van der Waals surface area contributed by atoms with Gasteiger partial charge in [-0.1, -0.05) is 18.2 Å². The van der Waals surface area contributed by atoms with Gasteiger partial charge in [0.05, 0.1) is 11.3 Å². The Balaban J connectivity index is 1.89. The molecule has 0 aliphatic carbocycles. The largest absolute Gasteiger partial charge is 0.322 e. The summed E-state index contributed by atoms with van der Waals surface area (Å²) in [4.78, 5) is 25.7. The topological polar surface area (TPSA) is 51.1 Å². The predicted octanol–water partition coefficient (Wildman–Crippen LogP) is 4.66. The van der Waals surface area contributed by atoms with Gasteiger partial charge >= 0.3 is 0 Å². The summed E-state index contributed by atoms with van der Waals surface area (Å²) < 4.78 is 41.6. The van der Waals surface area contributed by atoms with E-state index in [1.54, 1.807) is 18.2 Å². The number of carbonyl (C=O) groups is 1. The summed E-state index contributed by atoms with van der Waals surface area (Å²) in [5.74, 6) is -2.74. The number of pyridine rings is 1. The average molecular weight is 394 g/mol. The van der Waals surface area contributed by atoms with Crippen molar-refractivity contribution in [2.45, 2.75) is 0 Å². The molecule has 0 fully saturated rings. The lowest BCUT2D eigenvalue weighted by atomic mass is 10.1. The highest BCUT2D eigenvalue weighted by Gasteiger charge is 2.17. The first kappa shape index (κ1) is 18.5. The van der Waals surface area contributed by atoms with Crippen LogP contribution in [0, 0.1) is 17.5 Å². The van der Waals surface area contributed by atoms with Gasteiger partial charge in [0.25, 0.3) is 11.5 Å². The second-order valence-electron chi connectivity index (χ2n) is 6.32. The lowest BCUT2D eigenvalue weighted by Gasteiger charge is -2.13. The first-order valence-electron chi connectivity index (χ1n) is 8.61. The summed E-state index contributed by atoms with van der Waals surface area (Å²) in [6.07, 6.45) is 1.21. The number of nitrogens with zero attached hydrogens (tertiary/aromatic N) is 1. The predicted molar refractivity (Wildman–Crippen MR) is 104 cm³/mol. The third kappa shape index (κ3) is 3.50. The lowest BCUT2D eigenvalue weighted by molar-refractivity contribution is 0.102. The van der Waals surface area contributed by atoms with E-state index in [4.69, 9.17) is 0 Å². The van der Waals surface area contributed by atoms with Crippen molar-refractivity contribution in [2.24, 2.45) is 0 Å². The Hall–Kier alpha value is -3.87. The van der Waals surface area contributed by atoms with Gasteiger partial charge in [-0.15, -0.1) is 0 Å². The number of halogens is 3. The van der Waals surface area contributed by atoms with E-state index in [2.05, 4.69) is 5.32 Å². The Bertz CT molecular complexity index is 1300. The van der Waals surface area contributed by atoms with E-state index in [0.29, 0.717) is 17.1 Å². The molecule has 1 aromatic heterocycles. The molecule has 0 spiro atoms. The molecule has 0 saturated carbocycles. The minimum Gasteiger partial charge on any atom is -0.322 e. The van der Waals surface area contributed by atoms with Gasteiger partial charge in [-0.05, 0) is 42.5 Å². The van der Waals surface area contributed by atoms with Crippen LogP contribution < -0.4 is 10.9 Å². The summed E-state index contributed by atoms with van der Waals surface area (Å²) in [7, 11) is 0. The number of rotatable bonds is 3. The van der Waals surface area contributed by atoms with Crippen molar-refractivity contribution in [1.29, 1.82) is 0 Å². The van der Waals surface area contributed by atoms with Crippen LogP contribution in [0.4, 0.5) is 18.9 Å². The molecular formula is C22H13F3N2O2. The van der Waals surface area contributed by atoms with E-state index < -0.39 is 28.9 Å². The molecule has 3 aromatic carbocycles.